The first-order chi connectivity index (χ1) is 10.9. The largest absolute Gasteiger partial charge is 0.466 e. The summed E-state index contributed by atoms with van der Waals surface area (Å²) in [4.78, 5) is 25.5. The number of rotatable bonds is 3. The van der Waals surface area contributed by atoms with Crippen molar-refractivity contribution in [2.45, 2.75) is 0 Å². The van der Waals surface area contributed by atoms with Crippen molar-refractivity contribution in [3.8, 4) is 0 Å². The van der Waals surface area contributed by atoms with Gasteiger partial charge in [0.05, 0.1) is 37.1 Å². The van der Waals surface area contributed by atoms with Crippen LogP contribution in [0.4, 0.5) is 5.69 Å². The third-order valence-corrected chi connectivity index (χ3v) is 4.57. The zero-order valence-corrected chi connectivity index (χ0v) is 15.3. The maximum absolute atomic E-state index is 12.2. The lowest BCUT2D eigenvalue weighted by atomic mass is 10.1. The van der Waals surface area contributed by atoms with Crippen LogP contribution in [0.25, 0.3) is 0 Å². The molecule has 0 saturated heterocycles. The second kappa shape index (κ2) is 7.53. The molecule has 0 bridgehead atoms. The molecule has 1 aromatic rings. The number of hydrogen-bond donors (Lipinski definition) is 0. The number of nitrogens with zero attached hydrogens (tertiary/aromatic N) is 1. The molecule has 0 saturated carbocycles. The Morgan fingerprint density at radius 1 is 1.22 bits per heavy atom. The molecular weight excluding hydrogens is 413 g/mol. The zero-order chi connectivity index (χ0) is 17.1. The van der Waals surface area contributed by atoms with E-state index in [1.165, 1.54) is 19.1 Å². The predicted octanol–water partition coefficient (Wildman–Crippen LogP) is 3.15. The van der Waals surface area contributed by atoms with Crippen LogP contribution in [-0.2, 0) is 23.8 Å². The molecule has 0 amide bonds. The van der Waals surface area contributed by atoms with E-state index < -0.39 is 11.9 Å². The van der Waals surface area contributed by atoms with Crippen LogP contribution in [0.3, 0.4) is 0 Å². The second-order valence-corrected chi connectivity index (χ2v) is 6.11. The fourth-order valence-corrected chi connectivity index (χ4v) is 3.08. The van der Waals surface area contributed by atoms with Gasteiger partial charge in [-0.15, -0.1) is 0 Å². The molecule has 0 spiro atoms. The van der Waals surface area contributed by atoms with Crippen molar-refractivity contribution >= 4 is 56.8 Å². The van der Waals surface area contributed by atoms with E-state index in [2.05, 4.69) is 15.9 Å². The summed E-state index contributed by atoms with van der Waals surface area (Å²) in [7, 11) is 2.43. The lowest BCUT2D eigenvalue weighted by Crippen LogP contribution is -2.39. The molecule has 124 valence electrons. The van der Waals surface area contributed by atoms with Gasteiger partial charge < -0.3 is 19.1 Å². The summed E-state index contributed by atoms with van der Waals surface area (Å²) in [5.41, 5.74) is 0.437. The molecule has 0 fully saturated rings. The molecule has 0 atom stereocenters. The molecular formula is C14H12BrCl2NO5. The number of ether oxygens (including phenoxy) is 3. The van der Waals surface area contributed by atoms with Gasteiger partial charge in [0.15, 0.2) is 0 Å². The first-order valence-corrected chi connectivity index (χ1v) is 7.85. The molecule has 1 aliphatic heterocycles. The van der Waals surface area contributed by atoms with Gasteiger partial charge in [-0.1, -0.05) is 23.2 Å². The Hall–Kier alpha value is -1.28. The van der Waals surface area contributed by atoms with Gasteiger partial charge >= 0.3 is 11.9 Å². The standard InChI is InChI=1S/C14H12BrCl2NO5/c1-21-13(19)8-5-23-6-18(12(8)14(20)22-2)10-4-7(16)3-9(15)11(10)17/h3-4H,5-6H2,1-2H3. The van der Waals surface area contributed by atoms with E-state index in [4.69, 9.17) is 37.4 Å². The van der Waals surface area contributed by atoms with Crippen molar-refractivity contribution < 1.29 is 23.8 Å². The second-order valence-electron chi connectivity index (χ2n) is 4.44. The predicted molar refractivity (Wildman–Crippen MR) is 88.5 cm³/mol. The highest BCUT2D eigenvalue weighted by Crippen LogP contribution is 2.39. The third-order valence-electron chi connectivity index (χ3n) is 3.10. The Labute approximate surface area is 151 Å². The van der Waals surface area contributed by atoms with E-state index in [0.717, 1.165) is 0 Å². The molecule has 0 aromatic heterocycles. The average molecular weight is 425 g/mol. The van der Waals surface area contributed by atoms with Gasteiger partial charge in [0.25, 0.3) is 0 Å². The van der Waals surface area contributed by atoms with Gasteiger partial charge in [-0.2, -0.15) is 0 Å². The molecule has 0 radical (unpaired) electrons. The van der Waals surface area contributed by atoms with E-state index in [1.54, 1.807) is 12.1 Å². The van der Waals surface area contributed by atoms with Crippen molar-refractivity contribution in [1.29, 1.82) is 0 Å². The number of hydrogen-bond acceptors (Lipinski definition) is 6. The number of methoxy groups -OCH3 is 2. The minimum atomic E-state index is -0.708. The smallest absolute Gasteiger partial charge is 0.355 e. The Morgan fingerprint density at radius 2 is 1.87 bits per heavy atom. The number of anilines is 1. The van der Waals surface area contributed by atoms with Gasteiger partial charge in [-0.05, 0) is 28.1 Å². The molecule has 23 heavy (non-hydrogen) atoms. The SMILES string of the molecule is COC(=O)C1=C(C(=O)OC)N(c2cc(Cl)cc(Br)c2Cl)COC1. The van der Waals surface area contributed by atoms with Gasteiger partial charge in [-0.25, -0.2) is 9.59 Å². The summed E-state index contributed by atoms with van der Waals surface area (Å²) in [5.74, 6) is -1.40. The van der Waals surface area contributed by atoms with Crippen LogP contribution >= 0.6 is 39.1 Å². The first kappa shape index (κ1) is 18.1. The highest BCUT2D eigenvalue weighted by atomic mass is 79.9. The van der Waals surface area contributed by atoms with Crippen LogP contribution in [0.5, 0.6) is 0 Å². The quantitative estimate of drug-likeness (QED) is 0.548. The van der Waals surface area contributed by atoms with E-state index in [0.29, 0.717) is 20.2 Å². The van der Waals surface area contributed by atoms with E-state index in [1.807, 2.05) is 0 Å². The number of benzene rings is 1. The lowest BCUT2D eigenvalue weighted by molar-refractivity contribution is -0.140. The van der Waals surface area contributed by atoms with Crippen molar-refractivity contribution in [1.82, 2.24) is 0 Å². The Morgan fingerprint density at radius 3 is 2.48 bits per heavy atom. The molecule has 1 aliphatic rings. The van der Waals surface area contributed by atoms with Crippen molar-refractivity contribution in [3.63, 3.8) is 0 Å². The average Bonchev–Trinajstić information content (AvgIpc) is 2.55. The fraction of sp³-hybridized carbons (Fsp3) is 0.286. The molecule has 0 N–H and O–H groups in total. The van der Waals surface area contributed by atoms with Crippen LogP contribution in [0.1, 0.15) is 0 Å². The number of carbonyl (C=O) groups is 2. The van der Waals surface area contributed by atoms with E-state index >= 15 is 0 Å². The molecule has 0 unspecified atom stereocenters. The van der Waals surface area contributed by atoms with Crippen LogP contribution < -0.4 is 4.90 Å². The maximum Gasteiger partial charge on any atom is 0.355 e. The Bertz CT molecular complexity index is 692. The van der Waals surface area contributed by atoms with Crippen molar-refractivity contribution in [3.05, 3.63) is 37.9 Å². The van der Waals surface area contributed by atoms with Gasteiger partial charge in [0.1, 0.15) is 12.4 Å². The van der Waals surface area contributed by atoms with Crippen LogP contribution in [-0.4, -0.2) is 39.5 Å². The monoisotopic (exact) mass is 423 g/mol. The van der Waals surface area contributed by atoms with E-state index in [-0.39, 0.29) is 24.6 Å². The Kier molecular flexibility index (Phi) is 5.91. The minimum absolute atomic E-state index is 0.00154. The number of halogens is 3. The summed E-state index contributed by atoms with van der Waals surface area (Å²) in [6, 6.07) is 3.17. The highest BCUT2D eigenvalue weighted by molar-refractivity contribution is 9.10. The van der Waals surface area contributed by atoms with Crippen molar-refractivity contribution in [2.24, 2.45) is 0 Å². The van der Waals surface area contributed by atoms with Gasteiger partial charge in [0.2, 0.25) is 0 Å². The third kappa shape index (κ3) is 3.63. The summed E-state index contributed by atoms with van der Waals surface area (Å²) in [6.45, 7) is -0.0790. The summed E-state index contributed by atoms with van der Waals surface area (Å²) < 4.78 is 15.4. The van der Waals surface area contributed by atoms with Crippen LogP contribution in [0.15, 0.2) is 27.9 Å². The first-order valence-electron chi connectivity index (χ1n) is 6.30. The highest BCUT2D eigenvalue weighted by Gasteiger charge is 2.33. The molecule has 1 heterocycles. The van der Waals surface area contributed by atoms with Gasteiger partial charge in [0, 0.05) is 9.50 Å². The van der Waals surface area contributed by atoms with Crippen LogP contribution in [0.2, 0.25) is 10.0 Å². The molecule has 1 aromatic carbocycles. The number of esters is 2. The van der Waals surface area contributed by atoms with E-state index in [9.17, 15) is 9.59 Å². The van der Waals surface area contributed by atoms with Crippen LogP contribution in [0, 0.1) is 0 Å². The lowest BCUT2D eigenvalue weighted by Gasteiger charge is -2.32. The molecule has 2 rings (SSSR count). The zero-order valence-electron chi connectivity index (χ0n) is 12.2. The molecule has 9 heteroatoms. The normalized spacial score (nSPS) is 14.7. The summed E-state index contributed by atoms with van der Waals surface area (Å²) >= 11 is 15.6. The molecule has 6 nitrogen and oxygen atoms in total. The fourth-order valence-electron chi connectivity index (χ4n) is 2.07. The summed E-state index contributed by atoms with van der Waals surface area (Å²) in [6.07, 6.45) is 0. The maximum atomic E-state index is 12.2. The minimum Gasteiger partial charge on any atom is -0.466 e. The number of carbonyl (C=O) groups excluding carboxylic acids is 2. The van der Waals surface area contributed by atoms with Gasteiger partial charge in [-0.3, -0.25) is 0 Å². The summed E-state index contributed by atoms with van der Waals surface area (Å²) in [5, 5.41) is 0.705. The topological polar surface area (TPSA) is 65.1 Å². The Balaban J connectivity index is 2.65. The molecule has 0 aliphatic carbocycles. The van der Waals surface area contributed by atoms with Crippen molar-refractivity contribution in [2.75, 3.05) is 32.5 Å².